The van der Waals surface area contributed by atoms with Crippen LogP contribution in [0.1, 0.15) is 43.5 Å². The van der Waals surface area contributed by atoms with Gasteiger partial charge in [0.25, 0.3) is 5.56 Å². The Kier molecular flexibility index (Phi) is 11.8. The zero-order chi connectivity index (χ0) is 35.9. The van der Waals surface area contributed by atoms with E-state index in [1.54, 1.807) is 69.3 Å². The zero-order valence-electron chi connectivity index (χ0n) is 27.9. The molecule has 0 spiro atoms. The molecule has 50 heavy (non-hydrogen) atoms. The first-order chi connectivity index (χ1) is 24.1. The number of methoxy groups -OCH3 is 2. The average molecular weight is 770 g/mol. The fraction of sp³-hybridized carbons (Fsp3) is 0.278. The van der Waals surface area contributed by atoms with Crippen LogP contribution in [-0.2, 0) is 25.7 Å². The van der Waals surface area contributed by atoms with Gasteiger partial charge in [-0.1, -0.05) is 45.5 Å². The number of aromatic nitrogens is 1. The number of halogens is 2. The summed E-state index contributed by atoms with van der Waals surface area (Å²) in [6.07, 6.45) is 1.70. The second kappa shape index (κ2) is 16.2. The van der Waals surface area contributed by atoms with E-state index in [1.165, 1.54) is 30.9 Å². The lowest BCUT2D eigenvalue weighted by molar-refractivity contribution is -0.143. The molecule has 14 heteroatoms. The SMILES string of the molecule is CCOC(=O)C1=C(C)N=c2s/c(=C\c3cc(OC)c(OCc4ccc(F)cc4)cc3Br)c(=O)n2[C@@H]1c1ccc(OCC(=O)OC)c(OCC)c1. The summed E-state index contributed by atoms with van der Waals surface area (Å²) in [5.74, 6) is -0.0458. The quantitative estimate of drug-likeness (QED) is 0.168. The number of fused-ring (bicyclic) bond motifs is 1. The number of nitrogens with zero attached hydrogens (tertiary/aromatic N) is 2. The lowest BCUT2D eigenvalue weighted by Crippen LogP contribution is -2.40. The average Bonchev–Trinajstić information content (AvgIpc) is 3.41. The van der Waals surface area contributed by atoms with Gasteiger partial charge in [-0.25, -0.2) is 19.0 Å². The number of allylic oxidation sites excluding steroid dienone is 1. The van der Waals surface area contributed by atoms with E-state index in [-0.39, 0.29) is 49.1 Å². The van der Waals surface area contributed by atoms with Crippen molar-refractivity contribution in [1.29, 1.82) is 0 Å². The first-order valence-corrected chi connectivity index (χ1v) is 17.1. The van der Waals surface area contributed by atoms with Crippen LogP contribution in [0.5, 0.6) is 23.0 Å². The molecular weight excluding hydrogens is 735 g/mol. The van der Waals surface area contributed by atoms with Crippen LogP contribution in [0.3, 0.4) is 0 Å². The molecule has 1 aliphatic rings. The Bertz CT molecular complexity index is 2130. The lowest BCUT2D eigenvalue weighted by Gasteiger charge is -2.25. The van der Waals surface area contributed by atoms with E-state index in [2.05, 4.69) is 25.7 Å². The molecule has 2 heterocycles. The number of esters is 2. The highest BCUT2D eigenvalue weighted by Gasteiger charge is 2.34. The van der Waals surface area contributed by atoms with Crippen molar-refractivity contribution < 1.29 is 42.4 Å². The lowest BCUT2D eigenvalue weighted by atomic mass is 9.95. The summed E-state index contributed by atoms with van der Waals surface area (Å²) in [7, 11) is 2.77. The van der Waals surface area contributed by atoms with Crippen LogP contribution in [0.2, 0.25) is 0 Å². The molecule has 0 N–H and O–H groups in total. The van der Waals surface area contributed by atoms with E-state index in [1.807, 2.05) is 0 Å². The van der Waals surface area contributed by atoms with Crippen LogP contribution in [0.15, 0.2) is 80.1 Å². The molecule has 0 bridgehead atoms. The molecule has 0 saturated heterocycles. The van der Waals surface area contributed by atoms with E-state index in [0.717, 1.165) is 16.9 Å². The summed E-state index contributed by atoms with van der Waals surface area (Å²) in [5, 5.41) is 0. The number of hydrogen-bond donors (Lipinski definition) is 0. The van der Waals surface area contributed by atoms with E-state index in [0.29, 0.717) is 47.9 Å². The maximum atomic E-state index is 14.2. The molecule has 0 unspecified atom stereocenters. The molecule has 0 aliphatic carbocycles. The molecule has 3 aromatic carbocycles. The Labute approximate surface area is 299 Å². The minimum Gasteiger partial charge on any atom is -0.493 e. The first kappa shape index (κ1) is 36.3. The third kappa shape index (κ3) is 7.92. The molecule has 0 radical (unpaired) electrons. The van der Waals surface area contributed by atoms with Crippen LogP contribution in [0, 0.1) is 5.82 Å². The summed E-state index contributed by atoms with van der Waals surface area (Å²) in [6.45, 7) is 5.45. The van der Waals surface area contributed by atoms with E-state index in [9.17, 15) is 18.8 Å². The predicted molar refractivity (Wildman–Crippen MR) is 187 cm³/mol. The Morgan fingerprint density at radius 3 is 2.38 bits per heavy atom. The summed E-state index contributed by atoms with van der Waals surface area (Å²) in [6, 6.07) is 13.5. The highest BCUT2D eigenvalue weighted by Crippen LogP contribution is 2.37. The van der Waals surface area contributed by atoms with Crippen molar-refractivity contribution in [3.8, 4) is 23.0 Å². The normalized spacial score (nSPS) is 14.1. The molecule has 1 aliphatic heterocycles. The number of benzene rings is 3. The zero-order valence-corrected chi connectivity index (χ0v) is 30.3. The monoisotopic (exact) mass is 768 g/mol. The van der Waals surface area contributed by atoms with Crippen LogP contribution in [-0.4, -0.2) is 50.5 Å². The summed E-state index contributed by atoms with van der Waals surface area (Å²) in [5.41, 5.74) is 2.15. The molecule has 1 aromatic heterocycles. The van der Waals surface area contributed by atoms with Crippen molar-refractivity contribution in [1.82, 2.24) is 4.57 Å². The Morgan fingerprint density at radius 1 is 0.960 bits per heavy atom. The Hall–Kier alpha value is -4.95. The summed E-state index contributed by atoms with van der Waals surface area (Å²) >= 11 is 4.76. The third-order valence-corrected chi connectivity index (χ3v) is 9.22. The van der Waals surface area contributed by atoms with Crippen molar-refractivity contribution in [3.05, 3.63) is 113 Å². The third-order valence-electron chi connectivity index (χ3n) is 7.55. The maximum Gasteiger partial charge on any atom is 0.343 e. The molecule has 262 valence electrons. The molecule has 11 nitrogen and oxygen atoms in total. The van der Waals surface area contributed by atoms with Gasteiger partial charge in [0.05, 0.1) is 49.3 Å². The highest BCUT2D eigenvalue weighted by molar-refractivity contribution is 9.10. The molecule has 0 fully saturated rings. The minimum atomic E-state index is -0.915. The van der Waals surface area contributed by atoms with Gasteiger partial charge in [0.2, 0.25) is 0 Å². The number of carbonyl (C=O) groups excluding carboxylic acids is 2. The van der Waals surface area contributed by atoms with Crippen LogP contribution in [0.25, 0.3) is 6.08 Å². The van der Waals surface area contributed by atoms with Crippen molar-refractivity contribution in [3.63, 3.8) is 0 Å². The minimum absolute atomic E-state index is 0.122. The van der Waals surface area contributed by atoms with Crippen molar-refractivity contribution in [2.75, 3.05) is 34.0 Å². The number of ether oxygens (including phenoxy) is 6. The summed E-state index contributed by atoms with van der Waals surface area (Å²) < 4.78 is 48.9. The number of hydrogen-bond acceptors (Lipinski definition) is 11. The predicted octanol–water partition coefficient (Wildman–Crippen LogP) is 5.24. The van der Waals surface area contributed by atoms with Gasteiger partial charge in [-0.15, -0.1) is 0 Å². The maximum absolute atomic E-state index is 14.2. The van der Waals surface area contributed by atoms with Gasteiger partial charge in [-0.05, 0) is 79.9 Å². The smallest absolute Gasteiger partial charge is 0.343 e. The van der Waals surface area contributed by atoms with E-state index >= 15 is 0 Å². The Morgan fingerprint density at radius 2 is 1.70 bits per heavy atom. The molecule has 0 saturated carbocycles. The van der Waals surface area contributed by atoms with Gasteiger partial charge < -0.3 is 28.4 Å². The standard InChI is InChI=1S/C36H34BrFN2O9S/c1-6-46-28-14-22(10-13-26(28)49-19-31(41)45-5)33-32(35(43)47-7-2)20(3)39-36-40(33)34(42)30(50-36)16-23-15-27(44-4)29(17-25(23)37)48-18-21-8-11-24(38)12-9-21/h8-17,33H,6-7,18-19H2,1-5H3/b30-16-/t33-/m1/s1. The van der Waals surface area contributed by atoms with Crippen LogP contribution < -0.4 is 33.8 Å². The van der Waals surface area contributed by atoms with Gasteiger partial charge >= 0.3 is 11.9 Å². The van der Waals surface area contributed by atoms with Crippen molar-refractivity contribution in [2.45, 2.75) is 33.4 Å². The van der Waals surface area contributed by atoms with Crippen molar-refractivity contribution >= 4 is 45.3 Å². The fourth-order valence-corrected chi connectivity index (χ4v) is 6.68. The highest BCUT2D eigenvalue weighted by atomic mass is 79.9. The van der Waals surface area contributed by atoms with Gasteiger partial charge in [0, 0.05) is 4.47 Å². The van der Waals surface area contributed by atoms with Crippen molar-refractivity contribution in [2.24, 2.45) is 4.99 Å². The second-order valence-electron chi connectivity index (χ2n) is 10.7. The first-order valence-electron chi connectivity index (χ1n) is 15.5. The topological polar surface area (TPSA) is 124 Å². The van der Waals surface area contributed by atoms with E-state index in [4.69, 9.17) is 23.7 Å². The van der Waals surface area contributed by atoms with Gasteiger partial charge in [-0.3, -0.25) is 9.36 Å². The molecule has 1 atom stereocenters. The number of rotatable bonds is 13. The molecule has 4 aromatic rings. The van der Waals surface area contributed by atoms with Gasteiger partial charge in [0.15, 0.2) is 34.4 Å². The molecule has 5 rings (SSSR count). The number of thiazole rings is 1. The molecule has 0 amide bonds. The summed E-state index contributed by atoms with van der Waals surface area (Å²) in [4.78, 5) is 44.4. The van der Waals surface area contributed by atoms with Crippen LogP contribution in [0.4, 0.5) is 4.39 Å². The van der Waals surface area contributed by atoms with E-state index < -0.39 is 18.0 Å². The van der Waals surface area contributed by atoms with Gasteiger partial charge in [0.1, 0.15) is 12.4 Å². The Balaban J connectivity index is 1.58. The number of carbonyl (C=O) groups is 2. The largest absolute Gasteiger partial charge is 0.493 e. The van der Waals surface area contributed by atoms with Gasteiger partial charge in [-0.2, -0.15) is 0 Å². The van der Waals surface area contributed by atoms with Crippen LogP contribution >= 0.6 is 27.3 Å². The second-order valence-corrected chi connectivity index (χ2v) is 12.6. The fourth-order valence-electron chi connectivity index (χ4n) is 5.20. The molecular formula is C36H34BrFN2O9S.